The summed E-state index contributed by atoms with van der Waals surface area (Å²) in [5.74, 6) is -1.71. The minimum Gasteiger partial charge on any atom is -0.481 e. The molecule has 2 aromatic rings. The predicted octanol–water partition coefficient (Wildman–Crippen LogP) is 5.64. The van der Waals surface area contributed by atoms with Crippen molar-refractivity contribution in [2.75, 3.05) is 24.7 Å². The van der Waals surface area contributed by atoms with Gasteiger partial charge in [0.25, 0.3) is 0 Å². The molecule has 0 amide bonds. The summed E-state index contributed by atoms with van der Waals surface area (Å²) in [5.41, 5.74) is 1.53. The molecular weight excluding hydrogens is 452 g/mol. The molecule has 6 nitrogen and oxygen atoms in total. The van der Waals surface area contributed by atoms with E-state index in [-0.39, 0.29) is 37.6 Å². The Morgan fingerprint density at radius 3 is 2.50 bits per heavy atom. The van der Waals surface area contributed by atoms with Gasteiger partial charge in [-0.05, 0) is 51.4 Å². The van der Waals surface area contributed by atoms with Gasteiger partial charge in [0.15, 0.2) is 5.65 Å². The topological polar surface area (TPSA) is 70.7 Å². The second kappa shape index (κ2) is 9.00. The van der Waals surface area contributed by atoms with Gasteiger partial charge in [0.2, 0.25) is 0 Å². The molecule has 0 bridgehead atoms. The van der Waals surface area contributed by atoms with Gasteiger partial charge in [-0.3, -0.25) is 4.79 Å². The molecule has 1 aliphatic heterocycles. The van der Waals surface area contributed by atoms with Crippen LogP contribution in [0.2, 0.25) is 0 Å². The van der Waals surface area contributed by atoms with Gasteiger partial charge >= 0.3 is 12.1 Å². The molecule has 1 aliphatic carbocycles. The van der Waals surface area contributed by atoms with Crippen LogP contribution < -0.4 is 4.90 Å². The van der Waals surface area contributed by atoms with Gasteiger partial charge in [-0.15, -0.1) is 0 Å². The minimum absolute atomic E-state index is 0.0307. The first kappa shape index (κ1) is 24.7. The van der Waals surface area contributed by atoms with E-state index in [4.69, 9.17) is 10.1 Å². The van der Waals surface area contributed by atoms with Gasteiger partial charge in [-0.25, -0.2) is 9.37 Å². The van der Waals surface area contributed by atoms with Crippen molar-refractivity contribution >= 4 is 17.4 Å². The number of piperidine rings is 1. The molecular formula is C24H32F4N4O2. The van der Waals surface area contributed by atoms with Crippen LogP contribution in [0, 0.1) is 18.3 Å². The van der Waals surface area contributed by atoms with Gasteiger partial charge in [0, 0.05) is 36.3 Å². The molecule has 2 fully saturated rings. The highest BCUT2D eigenvalue weighted by Gasteiger charge is 2.44. The Hall–Kier alpha value is -2.39. The van der Waals surface area contributed by atoms with Gasteiger partial charge in [0.05, 0.1) is 11.6 Å². The van der Waals surface area contributed by atoms with E-state index in [1.165, 1.54) is 0 Å². The number of aliphatic carboxylic acids is 1. The van der Waals surface area contributed by atoms with Crippen molar-refractivity contribution in [3.05, 3.63) is 23.0 Å². The summed E-state index contributed by atoms with van der Waals surface area (Å²) in [6.45, 7) is 5.58. The van der Waals surface area contributed by atoms with Crippen LogP contribution in [0.25, 0.3) is 5.65 Å². The first-order chi connectivity index (χ1) is 16.0. The number of rotatable bonds is 5. The van der Waals surface area contributed by atoms with Crippen LogP contribution in [-0.4, -0.2) is 51.6 Å². The molecule has 2 aliphatic rings. The molecule has 10 heteroatoms. The first-order valence-corrected chi connectivity index (χ1v) is 12.0. The molecule has 1 unspecified atom stereocenters. The second-order valence-electron chi connectivity index (χ2n) is 10.3. The standard InChI is InChI=1S/C24H32F4N4O2/c1-14(2)20-15(3)29-19-11-18(16-5-7-17(8-6-16)24(26,27)28)30-32(19)21(20)31-10-4-9-23(12-25,13-31)22(33)34/h11,14,16-17H,4-10,12-13H2,1-3H3,(H,33,34). The van der Waals surface area contributed by atoms with E-state index in [9.17, 15) is 27.5 Å². The van der Waals surface area contributed by atoms with E-state index in [1.807, 2.05) is 31.7 Å². The summed E-state index contributed by atoms with van der Waals surface area (Å²) >= 11 is 0. The highest BCUT2D eigenvalue weighted by atomic mass is 19.4. The molecule has 0 spiro atoms. The molecule has 1 saturated carbocycles. The summed E-state index contributed by atoms with van der Waals surface area (Å²) in [6.07, 6.45) is -2.37. The average Bonchev–Trinajstić information content (AvgIpc) is 3.20. The molecule has 1 saturated heterocycles. The van der Waals surface area contributed by atoms with Crippen LogP contribution in [0.4, 0.5) is 23.4 Å². The van der Waals surface area contributed by atoms with E-state index in [0.29, 0.717) is 43.0 Å². The zero-order chi connectivity index (χ0) is 24.8. The number of alkyl halides is 4. The number of nitrogens with zero attached hydrogens (tertiary/aromatic N) is 4. The largest absolute Gasteiger partial charge is 0.481 e. The fourth-order valence-electron chi connectivity index (χ4n) is 5.68. The normalized spacial score (nSPS) is 26.4. The van der Waals surface area contributed by atoms with Crippen molar-refractivity contribution in [1.82, 2.24) is 14.6 Å². The Morgan fingerprint density at radius 2 is 1.94 bits per heavy atom. The fraction of sp³-hybridized carbons (Fsp3) is 0.708. The number of anilines is 1. The lowest BCUT2D eigenvalue weighted by molar-refractivity contribution is -0.182. The van der Waals surface area contributed by atoms with E-state index < -0.39 is 30.2 Å². The summed E-state index contributed by atoms with van der Waals surface area (Å²) in [6, 6.07) is 1.84. The quantitative estimate of drug-likeness (QED) is 0.557. The monoisotopic (exact) mass is 484 g/mol. The number of fused-ring (bicyclic) bond motifs is 1. The number of aryl methyl sites for hydroxylation is 1. The highest BCUT2D eigenvalue weighted by Crippen LogP contribution is 2.43. The number of carbonyl (C=O) groups is 1. The zero-order valence-electron chi connectivity index (χ0n) is 19.8. The van der Waals surface area contributed by atoms with Gasteiger partial charge < -0.3 is 10.0 Å². The molecule has 3 heterocycles. The molecule has 0 radical (unpaired) electrons. The lowest BCUT2D eigenvalue weighted by Crippen LogP contribution is -2.50. The van der Waals surface area contributed by atoms with Crippen molar-refractivity contribution in [1.29, 1.82) is 0 Å². The van der Waals surface area contributed by atoms with E-state index in [2.05, 4.69) is 0 Å². The highest BCUT2D eigenvalue weighted by molar-refractivity contribution is 5.76. The average molecular weight is 485 g/mol. The first-order valence-electron chi connectivity index (χ1n) is 12.0. The van der Waals surface area contributed by atoms with Crippen molar-refractivity contribution in [2.45, 2.75) is 77.3 Å². The van der Waals surface area contributed by atoms with Crippen LogP contribution in [0.3, 0.4) is 0 Å². The summed E-state index contributed by atoms with van der Waals surface area (Å²) in [4.78, 5) is 18.6. The predicted molar refractivity (Wildman–Crippen MR) is 120 cm³/mol. The Labute approximate surface area is 196 Å². The van der Waals surface area contributed by atoms with Crippen LogP contribution in [0.1, 0.15) is 81.2 Å². The van der Waals surface area contributed by atoms with E-state index >= 15 is 0 Å². The molecule has 2 aromatic heterocycles. The molecule has 0 aromatic carbocycles. The minimum atomic E-state index is -4.16. The lowest BCUT2D eigenvalue weighted by atomic mass is 9.80. The Kier molecular flexibility index (Phi) is 6.54. The number of aromatic nitrogens is 3. The third kappa shape index (κ3) is 4.35. The Balaban J connectivity index is 1.74. The van der Waals surface area contributed by atoms with Crippen molar-refractivity contribution in [3.63, 3.8) is 0 Å². The maximum absolute atomic E-state index is 14.0. The third-order valence-corrected chi connectivity index (χ3v) is 7.59. The Bertz CT molecular complexity index is 1060. The second-order valence-corrected chi connectivity index (χ2v) is 10.3. The summed E-state index contributed by atoms with van der Waals surface area (Å²) < 4.78 is 55.0. The summed E-state index contributed by atoms with van der Waals surface area (Å²) in [5, 5.41) is 14.6. The molecule has 1 N–H and O–H groups in total. The van der Waals surface area contributed by atoms with Crippen molar-refractivity contribution < 1.29 is 27.5 Å². The maximum atomic E-state index is 14.0. The van der Waals surface area contributed by atoms with Crippen LogP contribution in [0.15, 0.2) is 6.07 Å². The number of carboxylic acid groups (broad SMARTS) is 1. The number of carboxylic acids is 1. The molecule has 188 valence electrons. The Morgan fingerprint density at radius 1 is 1.26 bits per heavy atom. The number of halogens is 4. The zero-order valence-corrected chi connectivity index (χ0v) is 19.8. The van der Waals surface area contributed by atoms with Crippen molar-refractivity contribution in [3.8, 4) is 0 Å². The molecule has 4 rings (SSSR count). The van der Waals surface area contributed by atoms with Crippen molar-refractivity contribution in [2.24, 2.45) is 11.3 Å². The van der Waals surface area contributed by atoms with E-state index in [0.717, 1.165) is 11.3 Å². The van der Waals surface area contributed by atoms with E-state index in [1.54, 1.807) is 4.52 Å². The van der Waals surface area contributed by atoms with Gasteiger partial charge in [-0.1, -0.05) is 13.8 Å². The van der Waals surface area contributed by atoms with Crippen LogP contribution in [0.5, 0.6) is 0 Å². The van der Waals surface area contributed by atoms with Gasteiger partial charge in [-0.2, -0.15) is 22.8 Å². The van der Waals surface area contributed by atoms with Gasteiger partial charge in [0.1, 0.15) is 17.9 Å². The summed E-state index contributed by atoms with van der Waals surface area (Å²) in [7, 11) is 0. The van der Waals surface area contributed by atoms with Crippen LogP contribution in [-0.2, 0) is 4.79 Å². The number of hydrogen-bond donors (Lipinski definition) is 1. The fourth-order valence-corrected chi connectivity index (χ4v) is 5.68. The number of hydrogen-bond acceptors (Lipinski definition) is 4. The lowest BCUT2D eigenvalue weighted by Gasteiger charge is -2.40. The SMILES string of the molecule is Cc1nc2cc(C3CCC(C(F)(F)F)CC3)nn2c(N2CCCC(CF)(C(=O)O)C2)c1C(C)C. The molecule has 1 atom stereocenters. The maximum Gasteiger partial charge on any atom is 0.391 e. The molecule has 34 heavy (non-hydrogen) atoms. The third-order valence-electron chi connectivity index (χ3n) is 7.59. The van der Waals surface area contributed by atoms with Crippen LogP contribution >= 0.6 is 0 Å². The smallest absolute Gasteiger partial charge is 0.391 e.